The molecule has 0 amide bonds. The number of aryl methyl sites for hydroxylation is 1. The van der Waals surface area contributed by atoms with Gasteiger partial charge in [-0.15, -0.1) is 0 Å². The topological polar surface area (TPSA) is 37.8 Å². The molecule has 3 nitrogen and oxygen atoms in total. The van der Waals surface area contributed by atoms with Gasteiger partial charge >= 0.3 is 0 Å². The standard InChI is InChI=1S/C17H20ClN3/c1-2-19-15-4-3-5-16-14(15)11-20-17(21-16)10-12-6-8-13(18)9-7-12/h6-9,11,15,19H,2-5,10H2,1H3. The number of hydrogen-bond donors (Lipinski definition) is 1. The minimum atomic E-state index is 0.420. The zero-order valence-corrected chi connectivity index (χ0v) is 13.0. The van der Waals surface area contributed by atoms with Crippen molar-refractivity contribution < 1.29 is 0 Å². The number of benzene rings is 1. The number of rotatable bonds is 4. The van der Waals surface area contributed by atoms with Gasteiger partial charge in [-0.2, -0.15) is 0 Å². The van der Waals surface area contributed by atoms with Gasteiger partial charge in [-0.05, 0) is 43.5 Å². The van der Waals surface area contributed by atoms with Crippen LogP contribution in [0.25, 0.3) is 0 Å². The van der Waals surface area contributed by atoms with E-state index in [0.29, 0.717) is 6.04 Å². The molecule has 1 N–H and O–H groups in total. The molecule has 110 valence electrons. The predicted molar refractivity (Wildman–Crippen MR) is 85.6 cm³/mol. The highest BCUT2D eigenvalue weighted by molar-refractivity contribution is 6.30. The third-order valence-corrected chi connectivity index (χ3v) is 4.21. The van der Waals surface area contributed by atoms with Gasteiger partial charge in [-0.1, -0.05) is 30.7 Å². The van der Waals surface area contributed by atoms with Crippen LogP contribution in [0.4, 0.5) is 0 Å². The Labute approximate surface area is 130 Å². The number of hydrogen-bond acceptors (Lipinski definition) is 3. The molecule has 0 aliphatic heterocycles. The van der Waals surface area contributed by atoms with Crippen LogP contribution in [0, 0.1) is 0 Å². The number of nitrogens with one attached hydrogen (secondary N) is 1. The SMILES string of the molecule is CCNC1CCCc2nc(Cc3ccc(Cl)cc3)ncc21. The molecule has 1 aliphatic rings. The number of fused-ring (bicyclic) bond motifs is 1. The van der Waals surface area contributed by atoms with E-state index in [-0.39, 0.29) is 0 Å². The Balaban J connectivity index is 1.80. The van der Waals surface area contributed by atoms with E-state index in [1.165, 1.54) is 29.7 Å². The largest absolute Gasteiger partial charge is 0.310 e. The summed E-state index contributed by atoms with van der Waals surface area (Å²) in [6.45, 7) is 3.13. The van der Waals surface area contributed by atoms with Crippen molar-refractivity contribution in [3.8, 4) is 0 Å². The maximum Gasteiger partial charge on any atom is 0.132 e. The first-order chi connectivity index (χ1) is 10.3. The molecule has 1 aromatic heterocycles. The molecule has 0 bridgehead atoms. The third kappa shape index (κ3) is 3.42. The highest BCUT2D eigenvalue weighted by atomic mass is 35.5. The fourth-order valence-electron chi connectivity index (χ4n) is 2.92. The van der Waals surface area contributed by atoms with E-state index in [9.17, 15) is 0 Å². The van der Waals surface area contributed by atoms with Gasteiger partial charge in [0.15, 0.2) is 0 Å². The van der Waals surface area contributed by atoms with Gasteiger partial charge < -0.3 is 5.32 Å². The lowest BCUT2D eigenvalue weighted by Crippen LogP contribution is -2.26. The number of halogens is 1. The van der Waals surface area contributed by atoms with Crippen molar-refractivity contribution in [2.24, 2.45) is 0 Å². The van der Waals surface area contributed by atoms with Gasteiger partial charge in [0.05, 0.1) is 0 Å². The van der Waals surface area contributed by atoms with E-state index in [1.807, 2.05) is 30.5 Å². The van der Waals surface area contributed by atoms with Crippen molar-refractivity contribution in [1.29, 1.82) is 0 Å². The van der Waals surface area contributed by atoms with Crippen molar-refractivity contribution in [3.63, 3.8) is 0 Å². The Bertz CT molecular complexity index is 610. The lowest BCUT2D eigenvalue weighted by molar-refractivity contribution is 0.463. The average molecular weight is 302 g/mol. The predicted octanol–water partition coefficient (Wildman–Crippen LogP) is 3.71. The first-order valence-electron chi connectivity index (χ1n) is 7.58. The Kier molecular flexibility index (Phi) is 4.51. The molecule has 1 atom stereocenters. The fourth-order valence-corrected chi connectivity index (χ4v) is 3.04. The van der Waals surface area contributed by atoms with E-state index in [2.05, 4.69) is 17.2 Å². The molecule has 2 aromatic rings. The van der Waals surface area contributed by atoms with Crippen molar-refractivity contribution >= 4 is 11.6 Å². The smallest absolute Gasteiger partial charge is 0.132 e. The van der Waals surface area contributed by atoms with Gasteiger partial charge in [0.1, 0.15) is 5.82 Å². The summed E-state index contributed by atoms with van der Waals surface area (Å²) in [6.07, 6.45) is 6.21. The Hall–Kier alpha value is -1.45. The highest BCUT2D eigenvalue weighted by Crippen LogP contribution is 2.28. The Morgan fingerprint density at radius 1 is 1.29 bits per heavy atom. The van der Waals surface area contributed by atoms with Gasteiger partial charge in [-0.3, -0.25) is 0 Å². The van der Waals surface area contributed by atoms with Crippen LogP contribution >= 0.6 is 11.6 Å². The molecule has 3 rings (SSSR count). The molecule has 0 radical (unpaired) electrons. The van der Waals surface area contributed by atoms with Crippen LogP contribution in [0.15, 0.2) is 30.5 Å². The molecule has 1 aromatic carbocycles. The molecule has 0 saturated heterocycles. The van der Waals surface area contributed by atoms with E-state index in [0.717, 1.165) is 30.2 Å². The first-order valence-corrected chi connectivity index (χ1v) is 7.96. The molecule has 1 heterocycles. The van der Waals surface area contributed by atoms with Crippen molar-refractivity contribution in [3.05, 3.63) is 58.1 Å². The van der Waals surface area contributed by atoms with Crippen molar-refractivity contribution in [2.75, 3.05) is 6.54 Å². The van der Waals surface area contributed by atoms with E-state index in [4.69, 9.17) is 16.6 Å². The van der Waals surface area contributed by atoms with Gasteiger partial charge in [0.25, 0.3) is 0 Å². The lowest BCUT2D eigenvalue weighted by atomic mass is 9.92. The first kappa shape index (κ1) is 14.5. The summed E-state index contributed by atoms with van der Waals surface area (Å²) in [5.74, 6) is 0.897. The van der Waals surface area contributed by atoms with Crippen LogP contribution in [0.1, 0.15) is 48.5 Å². The van der Waals surface area contributed by atoms with Crippen LogP contribution in [0.5, 0.6) is 0 Å². The lowest BCUT2D eigenvalue weighted by Gasteiger charge is -2.25. The minimum Gasteiger partial charge on any atom is -0.310 e. The zero-order chi connectivity index (χ0) is 14.7. The van der Waals surface area contributed by atoms with Crippen molar-refractivity contribution in [1.82, 2.24) is 15.3 Å². The monoisotopic (exact) mass is 301 g/mol. The maximum absolute atomic E-state index is 5.92. The second-order valence-corrected chi connectivity index (χ2v) is 5.93. The highest BCUT2D eigenvalue weighted by Gasteiger charge is 2.21. The summed E-state index contributed by atoms with van der Waals surface area (Å²) in [5.41, 5.74) is 3.69. The van der Waals surface area contributed by atoms with E-state index in [1.54, 1.807) is 0 Å². The van der Waals surface area contributed by atoms with Gasteiger partial charge in [0, 0.05) is 34.9 Å². The summed E-state index contributed by atoms with van der Waals surface area (Å²) in [5, 5.41) is 4.28. The van der Waals surface area contributed by atoms with Crippen LogP contribution in [-0.4, -0.2) is 16.5 Å². The molecule has 0 fully saturated rings. The molecule has 1 unspecified atom stereocenters. The number of nitrogens with zero attached hydrogens (tertiary/aromatic N) is 2. The summed E-state index contributed by atoms with van der Waals surface area (Å²) < 4.78 is 0. The quantitative estimate of drug-likeness (QED) is 0.935. The van der Waals surface area contributed by atoms with Crippen LogP contribution in [0.2, 0.25) is 5.02 Å². The summed E-state index contributed by atoms with van der Waals surface area (Å²) in [4.78, 5) is 9.34. The van der Waals surface area contributed by atoms with Crippen LogP contribution < -0.4 is 5.32 Å². The molecule has 0 spiro atoms. The fraction of sp³-hybridized carbons (Fsp3) is 0.412. The molecule has 21 heavy (non-hydrogen) atoms. The van der Waals surface area contributed by atoms with E-state index < -0.39 is 0 Å². The van der Waals surface area contributed by atoms with Crippen LogP contribution in [0.3, 0.4) is 0 Å². The number of aromatic nitrogens is 2. The minimum absolute atomic E-state index is 0.420. The van der Waals surface area contributed by atoms with Crippen LogP contribution in [-0.2, 0) is 12.8 Å². The van der Waals surface area contributed by atoms with Gasteiger partial charge in [-0.25, -0.2) is 9.97 Å². The summed E-state index contributed by atoms with van der Waals surface area (Å²) in [7, 11) is 0. The molecule has 0 saturated carbocycles. The normalized spacial score (nSPS) is 17.5. The molecular weight excluding hydrogens is 282 g/mol. The summed E-state index contributed by atoms with van der Waals surface area (Å²) >= 11 is 5.92. The second-order valence-electron chi connectivity index (χ2n) is 5.49. The van der Waals surface area contributed by atoms with Crippen molar-refractivity contribution in [2.45, 2.75) is 38.6 Å². The zero-order valence-electron chi connectivity index (χ0n) is 12.3. The molecule has 4 heteroatoms. The molecule has 1 aliphatic carbocycles. The molecular formula is C17H20ClN3. The Morgan fingerprint density at radius 3 is 2.86 bits per heavy atom. The summed E-state index contributed by atoms with van der Waals surface area (Å²) in [6, 6.07) is 8.31. The van der Waals surface area contributed by atoms with E-state index >= 15 is 0 Å². The average Bonchev–Trinajstić information content (AvgIpc) is 2.50. The third-order valence-electron chi connectivity index (χ3n) is 3.96. The van der Waals surface area contributed by atoms with Gasteiger partial charge in [0.2, 0.25) is 0 Å². The maximum atomic E-state index is 5.92. The Morgan fingerprint density at radius 2 is 2.10 bits per heavy atom. The second kappa shape index (κ2) is 6.54.